The van der Waals surface area contributed by atoms with Crippen molar-refractivity contribution < 1.29 is 18.0 Å². The van der Waals surface area contributed by atoms with Crippen LogP contribution in [0.5, 0.6) is 0 Å². The van der Waals surface area contributed by atoms with Crippen molar-refractivity contribution in [2.24, 2.45) is 5.73 Å². The Morgan fingerprint density at radius 1 is 1.26 bits per heavy atom. The van der Waals surface area contributed by atoms with Crippen molar-refractivity contribution >= 4 is 28.1 Å². The molecular formula is C11H8F3N3OS. The van der Waals surface area contributed by atoms with E-state index in [1.807, 2.05) is 0 Å². The summed E-state index contributed by atoms with van der Waals surface area (Å²) in [7, 11) is 0. The van der Waals surface area contributed by atoms with Gasteiger partial charge in [-0.3, -0.25) is 4.79 Å². The molecule has 0 radical (unpaired) electrons. The first-order valence-corrected chi connectivity index (χ1v) is 5.94. The van der Waals surface area contributed by atoms with Crippen LogP contribution in [-0.2, 0) is 6.18 Å². The van der Waals surface area contributed by atoms with Gasteiger partial charge >= 0.3 is 6.18 Å². The highest BCUT2D eigenvalue weighted by Crippen LogP contribution is 2.30. The maximum absolute atomic E-state index is 12.4. The van der Waals surface area contributed by atoms with Crippen molar-refractivity contribution in [1.82, 2.24) is 4.98 Å². The first-order chi connectivity index (χ1) is 8.86. The number of rotatable bonds is 3. The second-order valence-electron chi connectivity index (χ2n) is 3.60. The Kier molecular flexibility index (Phi) is 3.43. The van der Waals surface area contributed by atoms with E-state index < -0.39 is 17.6 Å². The lowest BCUT2D eigenvalue weighted by Crippen LogP contribution is -2.11. The molecule has 1 aromatic heterocycles. The Bertz CT molecular complexity index is 592. The van der Waals surface area contributed by atoms with Crippen molar-refractivity contribution in [3.63, 3.8) is 0 Å². The minimum absolute atomic E-state index is 0.111. The van der Waals surface area contributed by atoms with Crippen molar-refractivity contribution in [2.45, 2.75) is 6.18 Å². The summed E-state index contributed by atoms with van der Waals surface area (Å²) in [5.74, 6) is -0.656. The summed E-state index contributed by atoms with van der Waals surface area (Å²) in [5, 5.41) is 4.64. The molecule has 0 aliphatic heterocycles. The fourth-order valence-electron chi connectivity index (χ4n) is 1.31. The average molecular weight is 287 g/mol. The topological polar surface area (TPSA) is 68.0 Å². The predicted octanol–water partition coefficient (Wildman–Crippen LogP) is 3.00. The van der Waals surface area contributed by atoms with E-state index >= 15 is 0 Å². The maximum atomic E-state index is 12.4. The zero-order chi connectivity index (χ0) is 14.0. The lowest BCUT2D eigenvalue weighted by Gasteiger charge is -2.07. The van der Waals surface area contributed by atoms with Crippen LogP contribution in [0, 0.1) is 0 Å². The molecule has 2 rings (SSSR count). The summed E-state index contributed by atoms with van der Waals surface area (Å²) in [6, 6.07) is 4.50. The van der Waals surface area contributed by atoms with E-state index in [1.54, 1.807) is 0 Å². The Hall–Kier alpha value is -2.09. The molecule has 1 aromatic carbocycles. The summed E-state index contributed by atoms with van der Waals surface area (Å²) in [6.07, 6.45) is -4.36. The molecule has 0 saturated heterocycles. The number of hydrogen-bond acceptors (Lipinski definition) is 4. The van der Waals surface area contributed by atoms with Gasteiger partial charge in [0.15, 0.2) is 5.13 Å². The zero-order valence-corrected chi connectivity index (χ0v) is 10.2. The van der Waals surface area contributed by atoms with Gasteiger partial charge in [-0.2, -0.15) is 13.2 Å². The van der Waals surface area contributed by atoms with Gasteiger partial charge in [-0.15, -0.1) is 11.3 Å². The summed E-state index contributed by atoms with van der Waals surface area (Å²) >= 11 is 1.14. The minimum Gasteiger partial charge on any atom is -0.364 e. The van der Waals surface area contributed by atoms with Crippen LogP contribution in [-0.4, -0.2) is 10.9 Å². The third-order valence-electron chi connectivity index (χ3n) is 2.22. The van der Waals surface area contributed by atoms with Gasteiger partial charge in [0.1, 0.15) is 5.69 Å². The number of benzene rings is 1. The standard InChI is InChI=1S/C11H8F3N3OS/c12-11(13,14)6-1-3-7(4-2-6)16-10-17-8(5-19-10)9(15)18/h1-5H,(H2,15,18)(H,16,17). The smallest absolute Gasteiger partial charge is 0.364 e. The number of hydrogen-bond donors (Lipinski definition) is 2. The second-order valence-corrected chi connectivity index (χ2v) is 4.46. The molecule has 1 heterocycles. The number of halogens is 3. The number of thiazole rings is 1. The number of amides is 1. The molecule has 4 nitrogen and oxygen atoms in total. The molecule has 1 amide bonds. The van der Waals surface area contributed by atoms with Crippen LogP contribution in [0.25, 0.3) is 0 Å². The normalized spacial score (nSPS) is 11.3. The number of carbonyl (C=O) groups excluding carboxylic acids is 1. The number of nitrogens with two attached hydrogens (primary N) is 1. The Morgan fingerprint density at radius 3 is 2.37 bits per heavy atom. The van der Waals surface area contributed by atoms with E-state index in [4.69, 9.17) is 5.73 Å². The summed E-state index contributed by atoms with van der Waals surface area (Å²) in [6.45, 7) is 0. The monoisotopic (exact) mass is 287 g/mol. The first kappa shape index (κ1) is 13.3. The first-order valence-electron chi connectivity index (χ1n) is 5.06. The Morgan fingerprint density at radius 2 is 1.89 bits per heavy atom. The molecule has 0 atom stereocenters. The lowest BCUT2D eigenvalue weighted by atomic mass is 10.2. The van der Waals surface area contributed by atoms with E-state index in [0.717, 1.165) is 23.5 Å². The van der Waals surface area contributed by atoms with Gasteiger partial charge in [0, 0.05) is 11.1 Å². The molecule has 0 unspecified atom stereocenters. The van der Waals surface area contributed by atoms with E-state index in [2.05, 4.69) is 10.3 Å². The fraction of sp³-hybridized carbons (Fsp3) is 0.0909. The molecule has 0 fully saturated rings. The average Bonchev–Trinajstić information content (AvgIpc) is 2.77. The van der Waals surface area contributed by atoms with E-state index in [-0.39, 0.29) is 5.69 Å². The maximum Gasteiger partial charge on any atom is 0.416 e. The van der Waals surface area contributed by atoms with Crippen molar-refractivity contribution in [2.75, 3.05) is 5.32 Å². The Balaban J connectivity index is 2.13. The highest BCUT2D eigenvalue weighted by atomic mass is 32.1. The van der Waals surface area contributed by atoms with Crippen LogP contribution in [0.4, 0.5) is 24.0 Å². The molecule has 0 aliphatic carbocycles. The molecule has 8 heteroatoms. The lowest BCUT2D eigenvalue weighted by molar-refractivity contribution is -0.137. The van der Waals surface area contributed by atoms with Crippen molar-refractivity contribution in [1.29, 1.82) is 0 Å². The predicted molar refractivity (Wildman–Crippen MR) is 65.4 cm³/mol. The number of aromatic nitrogens is 1. The van der Waals surface area contributed by atoms with Gasteiger partial charge in [0.2, 0.25) is 0 Å². The van der Waals surface area contributed by atoms with Crippen LogP contribution in [0.3, 0.4) is 0 Å². The zero-order valence-electron chi connectivity index (χ0n) is 9.36. The largest absolute Gasteiger partial charge is 0.416 e. The van der Waals surface area contributed by atoms with Crippen molar-refractivity contribution in [3.05, 3.63) is 40.9 Å². The summed E-state index contributed by atoms with van der Waals surface area (Å²) in [5.41, 5.74) is 4.87. The number of nitrogens with one attached hydrogen (secondary N) is 1. The summed E-state index contributed by atoms with van der Waals surface area (Å²) in [4.78, 5) is 14.7. The number of primary amides is 1. The van der Waals surface area contributed by atoms with Gasteiger partial charge in [-0.05, 0) is 24.3 Å². The molecule has 0 spiro atoms. The minimum atomic E-state index is -4.36. The SMILES string of the molecule is NC(=O)c1csc(Nc2ccc(C(F)(F)F)cc2)n1. The van der Waals surface area contributed by atoms with Gasteiger partial charge in [0.05, 0.1) is 5.56 Å². The third-order valence-corrected chi connectivity index (χ3v) is 2.98. The quantitative estimate of drug-likeness (QED) is 0.911. The number of alkyl halides is 3. The van der Waals surface area contributed by atoms with E-state index in [0.29, 0.717) is 10.8 Å². The van der Waals surface area contributed by atoms with Gasteiger partial charge in [-0.25, -0.2) is 4.98 Å². The number of anilines is 2. The van der Waals surface area contributed by atoms with Crippen LogP contribution in [0.1, 0.15) is 16.1 Å². The molecule has 100 valence electrons. The summed E-state index contributed by atoms with van der Waals surface area (Å²) < 4.78 is 37.1. The number of nitrogens with zero attached hydrogens (tertiary/aromatic N) is 1. The molecule has 0 saturated carbocycles. The number of carbonyl (C=O) groups is 1. The van der Waals surface area contributed by atoms with E-state index in [9.17, 15) is 18.0 Å². The molecule has 19 heavy (non-hydrogen) atoms. The molecule has 0 bridgehead atoms. The molecule has 2 aromatic rings. The van der Waals surface area contributed by atoms with Crippen LogP contribution in [0.2, 0.25) is 0 Å². The van der Waals surface area contributed by atoms with Gasteiger partial charge in [-0.1, -0.05) is 0 Å². The van der Waals surface area contributed by atoms with Crippen LogP contribution < -0.4 is 11.1 Å². The van der Waals surface area contributed by atoms with Crippen LogP contribution >= 0.6 is 11.3 Å². The van der Waals surface area contributed by atoms with E-state index in [1.165, 1.54) is 17.5 Å². The molecule has 3 N–H and O–H groups in total. The fourth-order valence-corrected chi connectivity index (χ4v) is 2.03. The highest BCUT2D eigenvalue weighted by molar-refractivity contribution is 7.14. The van der Waals surface area contributed by atoms with Gasteiger partial charge < -0.3 is 11.1 Å². The Labute approximate surface area is 110 Å². The highest BCUT2D eigenvalue weighted by Gasteiger charge is 2.29. The van der Waals surface area contributed by atoms with Gasteiger partial charge in [0.25, 0.3) is 5.91 Å². The van der Waals surface area contributed by atoms with Crippen LogP contribution in [0.15, 0.2) is 29.6 Å². The second kappa shape index (κ2) is 4.88. The molecular weight excluding hydrogens is 279 g/mol. The third kappa shape index (κ3) is 3.22. The molecule has 0 aliphatic rings. The van der Waals surface area contributed by atoms with Crippen molar-refractivity contribution in [3.8, 4) is 0 Å².